The van der Waals surface area contributed by atoms with Gasteiger partial charge in [-0.3, -0.25) is 4.98 Å². The first-order valence-electron chi connectivity index (χ1n) is 8.67. The molecule has 3 aromatic rings. The summed E-state index contributed by atoms with van der Waals surface area (Å²) in [4.78, 5) is 9.88. The number of pyridine rings is 1. The quantitative estimate of drug-likeness (QED) is 0.783. The van der Waals surface area contributed by atoms with Crippen molar-refractivity contribution in [1.29, 1.82) is 0 Å². The average Bonchev–Trinajstić information content (AvgIpc) is 3.04. The van der Waals surface area contributed by atoms with E-state index in [4.69, 9.17) is 0 Å². The molecule has 4 rings (SSSR count). The van der Waals surface area contributed by atoms with E-state index in [2.05, 4.69) is 33.2 Å². The fourth-order valence-electron chi connectivity index (χ4n) is 3.76. The van der Waals surface area contributed by atoms with Gasteiger partial charge < -0.3 is 9.88 Å². The van der Waals surface area contributed by atoms with Crippen LogP contribution in [-0.2, 0) is 6.42 Å². The molecule has 0 unspecified atom stereocenters. The van der Waals surface area contributed by atoms with Crippen LogP contribution in [0.5, 0.6) is 0 Å². The van der Waals surface area contributed by atoms with Crippen LogP contribution in [-0.4, -0.2) is 34.5 Å². The highest BCUT2D eigenvalue weighted by atomic mass is 19.1. The maximum atomic E-state index is 13.6. The average molecular weight is 323 g/mol. The van der Waals surface area contributed by atoms with Gasteiger partial charge in [-0.25, -0.2) is 4.39 Å². The maximum absolute atomic E-state index is 13.6. The summed E-state index contributed by atoms with van der Waals surface area (Å²) in [5, 5.41) is 1.05. The molecule has 3 nitrogen and oxygen atoms in total. The van der Waals surface area contributed by atoms with Gasteiger partial charge in [0.1, 0.15) is 5.82 Å². The van der Waals surface area contributed by atoms with Crippen molar-refractivity contribution in [3.8, 4) is 0 Å². The van der Waals surface area contributed by atoms with Gasteiger partial charge >= 0.3 is 0 Å². The molecule has 1 fully saturated rings. The third kappa shape index (κ3) is 3.20. The van der Waals surface area contributed by atoms with E-state index in [9.17, 15) is 4.39 Å². The molecule has 0 atom stereocenters. The summed E-state index contributed by atoms with van der Waals surface area (Å²) in [7, 11) is 0. The van der Waals surface area contributed by atoms with Crippen LogP contribution in [0.15, 0.2) is 48.9 Å². The molecule has 0 radical (unpaired) electrons. The van der Waals surface area contributed by atoms with Crippen LogP contribution in [0, 0.1) is 5.82 Å². The van der Waals surface area contributed by atoms with Crippen molar-refractivity contribution in [2.75, 3.05) is 19.6 Å². The Morgan fingerprint density at radius 1 is 1.12 bits per heavy atom. The van der Waals surface area contributed by atoms with Crippen molar-refractivity contribution in [3.63, 3.8) is 0 Å². The van der Waals surface area contributed by atoms with E-state index in [-0.39, 0.29) is 5.82 Å². The zero-order valence-corrected chi connectivity index (χ0v) is 13.7. The lowest BCUT2D eigenvalue weighted by Crippen LogP contribution is -2.34. The molecule has 24 heavy (non-hydrogen) atoms. The lowest BCUT2D eigenvalue weighted by atomic mass is 9.89. The second kappa shape index (κ2) is 6.73. The Kier molecular flexibility index (Phi) is 4.30. The van der Waals surface area contributed by atoms with Crippen molar-refractivity contribution in [2.45, 2.75) is 25.2 Å². The molecule has 0 amide bonds. The minimum Gasteiger partial charge on any atom is -0.361 e. The molecule has 124 valence electrons. The van der Waals surface area contributed by atoms with Crippen LogP contribution in [0.3, 0.4) is 0 Å². The zero-order valence-electron chi connectivity index (χ0n) is 13.7. The fraction of sp³-hybridized carbons (Fsp3) is 0.350. The van der Waals surface area contributed by atoms with Crippen LogP contribution < -0.4 is 0 Å². The van der Waals surface area contributed by atoms with Gasteiger partial charge in [-0.05, 0) is 79.7 Å². The van der Waals surface area contributed by atoms with Gasteiger partial charge in [0.15, 0.2) is 0 Å². The predicted molar refractivity (Wildman–Crippen MR) is 94.6 cm³/mol. The van der Waals surface area contributed by atoms with Gasteiger partial charge in [-0.2, -0.15) is 0 Å². The first-order valence-corrected chi connectivity index (χ1v) is 8.67. The molecule has 1 aliphatic rings. The minimum absolute atomic E-state index is 0.155. The summed E-state index contributed by atoms with van der Waals surface area (Å²) in [6.45, 7) is 3.31. The number of aromatic amines is 1. The van der Waals surface area contributed by atoms with E-state index in [1.807, 2.05) is 18.5 Å². The topological polar surface area (TPSA) is 31.9 Å². The Balaban J connectivity index is 1.38. The van der Waals surface area contributed by atoms with Gasteiger partial charge in [0, 0.05) is 36.0 Å². The Morgan fingerprint density at radius 3 is 2.71 bits per heavy atom. The van der Waals surface area contributed by atoms with Gasteiger partial charge in [0.25, 0.3) is 0 Å². The number of benzene rings is 1. The number of aromatic nitrogens is 2. The maximum Gasteiger partial charge on any atom is 0.123 e. The molecule has 1 saturated heterocycles. The molecule has 0 saturated carbocycles. The van der Waals surface area contributed by atoms with Crippen molar-refractivity contribution < 1.29 is 4.39 Å². The number of halogens is 1. The van der Waals surface area contributed by atoms with E-state index >= 15 is 0 Å². The van der Waals surface area contributed by atoms with E-state index < -0.39 is 0 Å². The highest BCUT2D eigenvalue weighted by Gasteiger charge is 2.22. The number of nitrogens with zero attached hydrogens (tertiary/aromatic N) is 2. The van der Waals surface area contributed by atoms with Crippen LogP contribution in [0.1, 0.15) is 29.9 Å². The normalized spacial score (nSPS) is 16.7. The van der Waals surface area contributed by atoms with Gasteiger partial charge in [-0.15, -0.1) is 0 Å². The number of H-pyrrole nitrogens is 1. The van der Waals surface area contributed by atoms with Gasteiger partial charge in [0.05, 0.1) is 0 Å². The monoisotopic (exact) mass is 323 g/mol. The lowest BCUT2D eigenvalue weighted by molar-refractivity contribution is 0.215. The molecule has 1 aliphatic heterocycles. The largest absolute Gasteiger partial charge is 0.361 e. The van der Waals surface area contributed by atoms with Crippen LogP contribution in [0.2, 0.25) is 0 Å². The molecule has 1 aromatic carbocycles. The highest BCUT2D eigenvalue weighted by Crippen LogP contribution is 2.33. The molecule has 4 heteroatoms. The molecule has 2 aromatic heterocycles. The second-order valence-corrected chi connectivity index (χ2v) is 6.66. The number of rotatable bonds is 4. The summed E-state index contributed by atoms with van der Waals surface area (Å²) < 4.78 is 13.6. The third-order valence-electron chi connectivity index (χ3n) is 5.17. The number of nitrogens with one attached hydrogen (secondary N) is 1. The smallest absolute Gasteiger partial charge is 0.123 e. The summed E-state index contributed by atoms with van der Waals surface area (Å²) in [5.74, 6) is 0.371. The minimum atomic E-state index is -0.155. The van der Waals surface area contributed by atoms with E-state index in [1.54, 1.807) is 6.07 Å². The Morgan fingerprint density at radius 2 is 1.92 bits per heavy atom. The van der Waals surface area contributed by atoms with Crippen LogP contribution in [0.4, 0.5) is 4.39 Å². The Hall–Kier alpha value is -2.20. The van der Waals surface area contributed by atoms with Crippen molar-refractivity contribution in [3.05, 3.63) is 65.9 Å². The summed E-state index contributed by atoms with van der Waals surface area (Å²) in [6.07, 6.45) is 9.14. The summed E-state index contributed by atoms with van der Waals surface area (Å²) >= 11 is 0. The molecule has 0 aliphatic carbocycles. The molecule has 3 heterocycles. The SMILES string of the molecule is Fc1ccc2[nH]cc(C3CCN(CCc4ccncc4)CC3)c2c1. The molecule has 0 spiro atoms. The number of hydrogen-bond donors (Lipinski definition) is 1. The summed E-state index contributed by atoms with van der Waals surface area (Å²) in [5.41, 5.74) is 3.66. The van der Waals surface area contributed by atoms with E-state index in [0.29, 0.717) is 5.92 Å². The first-order chi connectivity index (χ1) is 11.8. The predicted octanol–water partition coefficient (Wildman–Crippen LogP) is 4.12. The molecule has 1 N–H and O–H groups in total. The first kappa shape index (κ1) is 15.3. The molecular formula is C20H22FN3. The zero-order chi connectivity index (χ0) is 16.4. The number of fused-ring (bicyclic) bond motifs is 1. The second-order valence-electron chi connectivity index (χ2n) is 6.66. The van der Waals surface area contributed by atoms with Crippen LogP contribution >= 0.6 is 0 Å². The van der Waals surface area contributed by atoms with Crippen molar-refractivity contribution >= 4 is 10.9 Å². The lowest BCUT2D eigenvalue weighted by Gasteiger charge is -2.32. The number of hydrogen-bond acceptors (Lipinski definition) is 2. The Labute approximate surface area is 141 Å². The van der Waals surface area contributed by atoms with Gasteiger partial charge in [0.2, 0.25) is 0 Å². The highest BCUT2D eigenvalue weighted by molar-refractivity contribution is 5.83. The van der Waals surface area contributed by atoms with Gasteiger partial charge in [-0.1, -0.05) is 0 Å². The molecule has 0 bridgehead atoms. The standard InChI is InChI=1S/C20H22FN3/c21-17-1-2-20-18(13-17)19(14-23-20)16-6-11-24(12-7-16)10-5-15-3-8-22-9-4-15/h1-4,8-9,13-14,16,23H,5-7,10-12H2. The summed E-state index contributed by atoms with van der Waals surface area (Å²) in [6, 6.07) is 9.19. The number of likely N-dealkylation sites (tertiary alicyclic amines) is 1. The molecular weight excluding hydrogens is 301 g/mol. The Bertz CT molecular complexity index is 804. The fourth-order valence-corrected chi connectivity index (χ4v) is 3.76. The van der Waals surface area contributed by atoms with Crippen molar-refractivity contribution in [1.82, 2.24) is 14.9 Å². The van der Waals surface area contributed by atoms with Crippen LogP contribution in [0.25, 0.3) is 10.9 Å². The number of piperidine rings is 1. The van der Waals surface area contributed by atoms with E-state index in [1.165, 1.54) is 17.2 Å². The van der Waals surface area contributed by atoms with E-state index in [0.717, 1.165) is 49.8 Å². The third-order valence-corrected chi connectivity index (χ3v) is 5.17. The van der Waals surface area contributed by atoms with Crippen molar-refractivity contribution in [2.24, 2.45) is 0 Å².